The largest absolute Gasteiger partial charge is 0.378 e. The van der Waals surface area contributed by atoms with Crippen molar-refractivity contribution in [2.75, 3.05) is 36.5 Å². The highest BCUT2D eigenvalue weighted by atomic mass is 19.1. The first kappa shape index (κ1) is 20.1. The molecule has 30 heavy (non-hydrogen) atoms. The summed E-state index contributed by atoms with van der Waals surface area (Å²) in [4.78, 5) is 27.3. The first-order valence-corrected chi connectivity index (χ1v) is 10.0. The van der Waals surface area contributed by atoms with Crippen LogP contribution in [0, 0.1) is 12.7 Å². The third kappa shape index (κ3) is 4.36. The van der Waals surface area contributed by atoms with Crippen molar-refractivity contribution in [3.8, 4) is 0 Å². The summed E-state index contributed by atoms with van der Waals surface area (Å²) in [5.41, 5.74) is 3.86. The van der Waals surface area contributed by atoms with Gasteiger partial charge in [-0.2, -0.15) is 0 Å². The number of carbonyl (C=O) groups is 2. The molecule has 2 aromatic rings. The van der Waals surface area contributed by atoms with Gasteiger partial charge in [-0.1, -0.05) is 18.2 Å². The number of rotatable bonds is 4. The van der Waals surface area contributed by atoms with Crippen molar-refractivity contribution in [3.05, 3.63) is 71.2 Å². The van der Waals surface area contributed by atoms with Crippen molar-refractivity contribution in [2.24, 2.45) is 0 Å². The third-order valence-corrected chi connectivity index (χ3v) is 5.53. The molecule has 0 aromatic heterocycles. The van der Waals surface area contributed by atoms with E-state index in [9.17, 15) is 14.0 Å². The van der Waals surface area contributed by atoms with Crippen LogP contribution in [0.5, 0.6) is 0 Å². The average Bonchev–Trinajstić information content (AvgIpc) is 2.76. The van der Waals surface area contributed by atoms with Crippen molar-refractivity contribution in [3.63, 3.8) is 0 Å². The molecule has 2 aliphatic heterocycles. The Morgan fingerprint density at radius 2 is 1.90 bits per heavy atom. The monoisotopic (exact) mass is 409 g/mol. The van der Waals surface area contributed by atoms with Gasteiger partial charge in [-0.05, 0) is 42.3 Å². The van der Waals surface area contributed by atoms with E-state index in [0.717, 1.165) is 35.6 Å². The lowest BCUT2D eigenvalue weighted by Crippen LogP contribution is -2.36. The average molecular weight is 409 g/mol. The summed E-state index contributed by atoms with van der Waals surface area (Å²) in [7, 11) is 0. The smallest absolute Gasteiger partial charge is 0.253 e. The van der Waals surface area contributed by atoms with Crippen LogP contribution in [0.1, 0.15) is 23.5 Å². The second kappa shape index (κ2) is 8.67. The molecular weight excluding hydrogens is 385 g/mol. The summed E-state index contributed by atoms with van der Waals surface area (Å²) in [6.07, 6.45) is 1.59. The predicted molar refractivity (Wildman–Crippen MR) is 113 cm³/mol. The van der Waals surface area contributed by atoms with Crippen LogP contribution in [0.25, 0.3) is 0 Å². The van der Waals surface area contributed by atoms with Crippen LogP contribution < -0.4 is 15.5 Å². The Balaban J connectivity index is 1.57. The highest BCUT2D eigenvalue weighted by Crippen LogP contribution is 2.32. The fraction of sp³-hybridized carbons (Fsp3) is 0.304. The summed E-state index contributed by atoms with van der Waals surface area (Å²) >= 11 is 0. The van der Waals surface area contributed by atoms with E-state index in [4.69, 9.17) is 4.74 Å². The highest BCUT2D eigenvalue weighted by molar-refractivity contribution is 6.07. The van der Waals surface area contributed by atoms with Crippen LogP contribution in [0.2, 0.25) is 0 Å². The second-order valence-corrected chi connectivity index (χ2v) is 7.53. The molecule has 1 saturated heterocycles. The summed E-state index contributed by atoms with van der Waals surface area (Å²) in [5.74, 6) is -1.25. The number of nitrogens with zero attached hydrogens (tertiary/aromatic N) is 1. The first-order valence-electron chi connectivity index (χ1n) is 10.0. The predicted octanol–water partition coefficient (Wildman–Crippen LogP) is 3.10. The number of hydrogen-bond donors (Lipinski definition) is 2. The van der Waals surface area contributed by atoms with Crippen LogP contribution in [-0.2, 0) is 14.3 Å². The van der Waals surface area contributed by atoms with E-state index in [1.807, 2.05) is 25.1 Å². The minimum atomic E-state index is -0.429. The maximum absolute atomic E-state index is 13.3. The molecule has 2 aromatic carbocycles. The maximum atomic E-state index is 13.3. The topological polar surface area (TPSA) is 70.7 Å². The number of morpholine rings is 1. The first-order chi connectivity index (χ1) is 14.5. The standard InChI is InChI=1S/C23H24FN3O3/c1-15-2-7-18(27-8-10-30-11-9-27)12-21(15)26-23(29)20-14-25-22(28)13-19(20)16-3-5-17(24)6-4-16/h2-7,12,14,19H,8-11,13H2,1H3,(H,25,28)(H,26,29)/t19-/m0/s1. The van der Waals surface area contributed by atoms with Crippen LogP contribution >= 0.6 is 0 Å². The van der Waals surface area contributed by atoms with Gasteiger partial charge in [0.1, 0.15) is 5.82 Å². The van der Waals surface area contributed by atoms with Crippen molar-refractivity contribution in [1.82, 2.24) is 5.32 Å². The molecular formula is C23H24FN3O3. The summed E-state index contributed by atoms with van der Waals surface area (Å²) in [6.45, 7) is 4.91. The fourth-order valence-corrected chi connectivity index (χ4v) is 3.79. The summed E-state index contributed by atoms with van der Waals surface area (Å²) < 4.78 is 18.7. The Labute approximate surface area is 174 Å². The second-order valence-electron chi connectivity index (χ2n) is 7.53. The Bertz CT molecular complexity index is 982. The number of carbonyl (C=O) groups excluding carboxylic acids is 2. The minimum absolute atomic E-state index is 0.137. The van der Waals surface area contributed by atoms with Gasteiger partial charge in [0, 0.05) is 48.6 Å². The Hall–Kier alpha value is -3.19. The SMILES string of the molecule is Cc1ccc(N2CCOCC2)cc1NC(=O)C1=CNC(=O)C[C@H]1c1ccc(F)cc1. The maximum Gasteiger partial charge on any atom is 0.253 e. The zero-order valence-electron chi connectivity index (χ0n) is 16.8. The molecule has 6 nitrogen and oxygen atoms in total. The molecule has 0 bridgehead atoms. The molecule has 2 heterocycles. The Kier molecular flexibility index (Phi) is 5.81. The van der Waals surface area contributed by atoms with Gasteiger partial charge in [-0.3, -0.25) is 9.59 Å². The molecule has 0 spiro atoms. The number of nitrogens with one attached hydrogen (secondary N) is 2. The number of halogens is 1. The van der Waals surface area contributed by atoms with Gasteiger partial charge in [0.2, 0.25) is 5.91 Å². The van der Waals surface area contributed by atoms with E-state index in [2.05, 4.69) is 15.5 Å². The molecule has 4 rings (SSSR count). The van der Waals surface area contributed by atoms with Gasteiger partial charge in [-0.15, -0.1) is 0 Å². The zero-order valence-corrected chi connectivity index (χ0v) is 16.8. The van der Waals surface area contributed by atoms with Crippen LogP contribution in [-0.4, -0.2) is 38.1 Å². The van der Waals surface area contributed by atoms with Crippen LogP contribution in [0.15, 0.2) is 54.2 Å². The number of benzene rings is 2. The van der Waals surface area contributed by atoms with E-state index in [-0.39, 0.29) is 24.1 Å². The van der Waals surface area contributed by atoms with E-state index in [0.29, 0.717) is 18.8 Å². The molecule has 2 amide bonds. The molecule has 0 unspecified atom stereocenters. The molecule has 1 atom stereocenters. The lowest BCUT2D eigenvalue weighted by molar-refractivity contribution is -0.121. The van der Waals surface area contributed by atoms with E-state index in [1.54, 1.807) is 12.1 Å². The molecule has 156 valence electrons. The van der Waals surface area contributed by atoms with E-state index in [1.165, 1.54) is 18.3 Å². The lowest BCUT2D eigenvalue weighted by Gasteiger charge is -2.29. The molecule has 0 saturated carbocycles. The molecule has 2 N–H and O–H groups in total. The van der Waals surface area contributed by atoms with Gasteiger partial charge >= 0.3 is 0 Å². The quantitative estimate of drug-likeness (QED) is 0.814. The lowest BCUT2D eigenvalue weighted by atomic mass is 9.86. The van der Waals surface area contributed by atoms with Crippen molar-refractivity contribution < 1.29 is 18.7 Å². The highest BCUT2D eigenvalue weighted by Gasteiger charge is 2.29. The normalized spacial score (nSPS) is 19.1. The van der Waals surface area contributed by atoms with Crippen LogP contribution in [0.3, 0.4) is 0 Å². The molecule has 0 radical (unpaired) electrons. The number of hydrogen-bond acceptors (Lipinski definition) is 4. The van der Waals surface area contributed by atoms with Crippen molar-refractivity contribution in [2.45, 2.75) is 19.3 Å². The Morgan fingerprint density at radius 3 is 2.63 bits per heavy atom. The number of aryl methyl sites for hydroxylation is 1. The number of anilines is 2. The zero-order chi connectivity index (χ0) is 21.1. The van der Waals surface area contributed by atoms with E-state index < -0.39 is 5.92 Å². The fourth-order valence-electron chi connectivity index (χ4n) is 3.79. The molecule has 1 fully saturated rings. The third-order valence-electron chi connectivity index (χ3n) is 5.53. The van der Waals surface area contributed by atoms with Crippen molar-refractivity contribution >= 4 is 23.2 Å². The molecule has 0 aliphatic carbocycles. The van der Waals surface area contributed by atoms with Gasteiger partial charge in [0.15, 0.2) is 0 Å². The molecule has 7 heteroatoms. The van der Waals surface area contributed by atoms with Gasteiger partial charge in [0.25, 0.3) is 5.91 Å². The van der Waals surface area contributed by atoms with Gasteiger partial charge < -0.3 is 20.3 Å². The van der Waals surface area contributed by atoms with Crippen molar-refractivity contribution in [1.29, 1.82) is 0 Å². The van der Waals surface area contributed by atoms with Gasteiger partial charge in [0.05, 0.1) is 13.2 Å². The number of amides is 2. The minimum Gasteiger partial charge on any atom is -0.378 e. The van der Waals surface area contributed by atoms with E-state index >= 15 is 0 Å². The van der Waals surface area contributed by atoms with Crippen LogP contribution in [0.4, 0.5) is 15.8 Å². The summed E-state index contributed by atoms with van der Waals surface area (Å²) in [6, 6.07) is 11.9. The molecule has 2 aliphatic rings. The Morgan fingerprint density at radius 1 is 1.17 bits per heavy atom. The van der Waals surface area contributed by atoms with Gasteiger partial charge in [-0.25, -0.2) is 4.39 Å². The summed E-state index contributed by atoms with van der Waals surface area (Å²) in [5, 5.41) is 5.62. The number of ether oxygens (including phenoxy) is 1.